The Labute approximate surface area is 134 Å². The molecule has 5 heteroatoms. The molecule has 0 bridgehead atoms. The molecule has 0 aromatic heterocycles. The molecule has 1 aromatic carbocycles. The average Bonchev–Trinajstić information content (AvgIpc) is 2.48. The fourth-order valence-electron chi connectivity index (χ4n) is 2.80. The fraction of sp³-hybridized carbons (Fsp3) is 0.562. The van der Waals surface area contributed by atoms with Gasteiger partial charge in [0.25, 0.3) is 0 Å². The van der Waals surface area contributed by atoms with E-state index in [1.165, 1.54) is 12.8 Å². The van der Waals surface area contributed by atoms with Gasteiger partial charge in [-0.05, 0) is 56.0 Å². The Morgan fingerprint density at radius 3 is 3.05 bits per heavy atom. The molecule has 116 valence electrons. The lowest BCUT2D eigenvalue weighted by atomic mass is 9.85. The van der Waals surface area contributed by atoms with Crippen molar-refractivity contribution in [1.82, 2.24) is 5.32 Å². The number of carbonyl (C=O) groups excluding carboxylic acids is 1. The SMILES string of the molecule is COc1ccc(Br)cc1NC(=O)CC(C)C1CCCNC1. The maximum atomic E-state index is 12.2. The molecular formula is C16H23BrN2O2. The first-order valence-electron chi connectivity index (χ1n) is 7.44. The fourth-order valence-corrected chi connectivity index (χ4v) is 3.16. The Bertz CT molecular complexity index is 487. The number of ether oxygens (including phenoxy) is 1. The van der Waals surface area contributed by atoms with Crippen LogP contribution < -0.4 is 15.4 Å². The molecule has 2 rings (SSSR count). The van der Waals surface area contributed by atoms with E-state index in [0.717, 1.165) is 17.6 Å². The van der Waals surface area contributed by atoms with Crippen LogP contribution in [-0.2, 0) is 4.79 Å². The molecule has 0 saturated carbocycles. The molecule has 21 heavy (non-hydrogen) atoms. The van der Waals surface area contributed by atoms with Crippen molar-refractivity contribution in [3.63, 3.8) is 0 Å². The number of piperidine rings is 1. The summed E-state index contributed by atoms with van der Waals surface area (Å²) in [5.74, 6) is 1.70. The third-order valence-electron chi connectivity index (χ3n) is 4.08. The molecule has 1 amide bonds. The Balaban J connectivity index is 1.93. The molecule has 0 radical (unpaired) electrons. The molecule has 1 aromatic rings. The van der Waals surface area contributed by atoms with Gasteiger partial charge in [0, 0.05) is 10.9 Å². The average molecular weight is 355 g/mol. The van der Waals surface area contributed by atoms with Gasteiger partial charge in [0.15, 0.2) is 0 Å². The summed E-state index contributed by atoms with van der Waals surface area (Å²) in [7, 11) is 1.61. The summed E-state index contributed by atoms with van der Waals surface area (Å²) < 4.78 is 6.20. The number of hydrogen-bond acceptors (Lipinski definition) is 3. The number of nitrogens with one attached hydrogen (secondary N) is 2. The number of benzene rings is 1. The molecule has 0 aliphatic carbocycles. The summed E-state index contributed by atoms with van der Waals surface area (Å²) in [5, 5.41) is 6.36. The minimum atomic E-state index is 0.0458. The normalized spacial score (nSPS) is 19.9. The van der Waals surface area contributed by atoms with Gasteiger partial charge in [0.2, 0.25) is 5.91 Å². The summed E-state index contributed by atoms with van der Waals surface area (Å²) in [6.07, 6.45) is 2.96. The predicted molar refractivity (Wildman–Crippen MR) is 88.7 cm³/mol. The van der Waals surface area contributed by atoms with Gasteiger partial charge in [0.1, 0.15) is 5.75 Å². The van der Waals surface area contributed by atoms with Crippen LogP contribution >= 0.6 is 15.9 Å². The first-order chi connectivity index (χ1) is 10.1. The quantitative estimate of drug-likeness (QED) is 0.851. The molecule has 1 heterocycles. The highest BCUT2D eigenvalue weighted by molar-refractivity contribution is 9.10. The van der Waals surface area contributed by atoms with Crippen LogP contribution in [0.4, 0.5) is 5.69 Å². The van der Waals surface area contributed by atoms with Gasteiger partial charge in [-0.1, -0.05) is 22.9 Å². The Morgan fingerprint density at radius 1 is 1.57 bits per heavy atom. The summed E-state index contributed by atoms with van der Waals surface area (Å²) >= 11 is 3.41. The first kappa shape index (κ1) is 16.3. The number of methoxy groups -OCH3 is 1. The second-order valence-electron chi connectivity index (χ2n) is 5.68. The van der Waals surface area contributed by atoms with Crippen molar-refractivity contribution in [3.8, 4) is 5.75 Å². The summed E-state index contributed by atoms with van der Waals surface area (Å²) in [5.41, 5.74) is 0.714. The molecule has 1 aliphatic heterocycles. The lowest BCUT2D eigenvalue weighted by molar-refractivity contribution is -0.117. The molecule has 1 aliphatic rings. The van der Waals surface area contributed by atoms with Crippen molar-refractivity contribution in [3.05, 3.63) is 22.7 Å². The summed E-state index contributed by atoms with van der Waals surface area (Å²) in [4.78, 5) is 12.2. The topological polar surface area (TPSA) is 50.4 Å². The smallest absolute Gasteiger partial charge is 0.224 e. The predicted octanol–water partition coefficient (Wildman–Crippen LogP) is 3.42. The number of anilines is 1. The summed E-state index contributed by atoms with van der Waals surface area (Å²) in [6.45, 7) is 4.29. The van der Waals surface area contributed by atoms with E-state index in [0.29, 0.717) is 29.7 Å². The Morgan fingerprint density at radius 2 is 2.38 bits per heavy atom. The highest BCUT2D eigenvalue weighted by atomic mass is 79.9. The largest absolute Gasteiger partial charge is 0.495 e. The monoisotopic (exact) mass is 354 g/mol. The van der Waals surface area contributed by atoms with Crippen LogP contribution in [0.5, 0.6) is 5.75 Å². The molecule has 1 fully saturated rings. The number of carbonyl (C=O) groups is 1. The van der Waals surface area contributed by atoms with Crippen molar-refractivity contribution in [1.29, 1.82) is 0 Å². The third-order valence-corrected chi connectivity index (χ3v) is 4.58. The molecular weight excluding hydrogens is 332 g/mol. The van der Waals surface area contributed by atoms with Crippen LogP contribution in [0.3, 0.4) is 0 Å². The van der Waals surface area contributed by atoms with Crippen LogP contribution in [0.15, 0.2) is 22.7 Å². The van der Waals surface area contributed by atoms with Gasteiger partial charge >= 0.3 is 0 Å². The van der Waals surface area contributed by atoms with E-state index in [2.05, 4.69) is 33.5 Å². The zero-order valence-corrected chi connectivity index (χ0v) is 14.2. The second-order valence-corrected chi connectivity index (χ2v) is 6.60. The Kier molecular flexibility index (Phi) is 6.06. The number of hydrogen-bond donors (Lipinski definition) is 2. The number of halogens is 1. The van der Waals surface area contributed by atoms with Crippen molar-refractivity contribution in [2.45, 2.75) is 26.2 Å². The molecule has 2 atom stereocenters. The van der Waals surface area contributed by atoms with Gasteiger partial charge in [-0.15, -0.1) is 0 Å². The van der Waals surface area contributed by atoms with E-state index in [9.17, 15) is 4.79 Å². The standard InChI is InChI=1S/C16H23BrN2O2/c1-11(12-4-3-7-18-10-12)8-16(20)19-14-9-13(17)5-6-15(14)21-2/h5-6,9,11-12,18H,3-4,7-8,10H2,1-2H3,(H,19,20). The van der Waals surface area contributed by atoms with E-state index in [4.69, 9.17) is 4.74 Å². The highest BCUT2D eigenvalue weighted by Gasteiger charge is 2.22. The van der Waals surface area contributed by atoms with Crippen molar-refractivity contribution >= 4 is 27.5 Å². The highest BCUT2D eigenvalue weighted by Crippen LogP contribution is 2.29. The van der Waals surface area contributed by atoms with Crippen LogP contribution in [0.1, 0.15) is 26.2 Å². The molecule has 4 nitrogen and oxygen atoms in total. The number of rotatable bonds is 5. The van der Waals surface area contributed by atoms with Crippen molar-refractivity contribution in [2.75, 3.05) is 25.5 Å². The van der Waals surface area contributed by atoms with Crippen LogP contribution in [0.25, 0.3) is 0 Å². The minimum absolute atomic E-state index is 0.0458. The second kappa shape index (κ2) is 7.80. The maximum absolute atomic E-state index is 12.2. The van der Waals surface area contributed by atoms with Gasteiger partial charge in [0.05, 0.1) is 12.8 Å². The van der Waals surface area contributed by atoms with Gasteiger partial charge in [-0.25, -0.2) is 0 Å². The van der Waals surface area contributed by atoms with Crippen molar-refractivity contribution < 1.29 is 9.53 Å². The van der Waals surface area contributed by atoms with Crippen LogP contribution in [-0.4, -0.2) is 26.1 Å². The molecule has 2 N–H and O–H groups in total. The first-order valence-corrected chi connectivity index (χ1v) is 8.23. The van der Waals surface area contributed by atoms with Crippen LogP contribution in [0, 0.1) is 11.8 Å². The lowest BCUT2D eigenvalue weighted by Gasteiger charge is -2.28. The van der Waals surface area contributed by atoms with Crippen LogP contribution in [0.2, 0.25) is 0 Å². The lowest BCUT2D eigenvalue weighted by Crippen LogP contribution is -2.34. The van der Waals surface area contributed by atoms with Gasteiger partial charge in [-0.3, -0.25) is 4.79 Å². The zero-order valence-electron chi connectivity index (χ0n) is 12.6. The van der Waals surface area contributed by atoms with E-state index < -0.39 is 0 Å². The van der Waals surface area contributed by atoms with Gasteiger partial charge < -0.3 is 15.4 Å². The third kappa shape index (κ3) is 4.71. The maximum Gasteiger partial charge on any atom is 0.224 e. The molecule has 0 spiro atoms. The Hall–Kier alpha value is -1.07. The summed E-state index contributed by atoms with van der Waals surface area (Å²) in [6, 6.07) is 5.60. The van der Waals surface area contributed by atoms with E-state index >= 15 is 0 Å². The minimum Gasteiger partial charge on any atom is -0.495 e. The molecule has 1 saturated heterocycles. The number of amides is 1. The van der Waals surface area contributed by atoms with Crippen molar-refractivity contribution in [2.24, 2.45) is 11.8 Å². The van der Waals surface area contributed by atoms with Gasteiger partial charge in [-0.2, -0.15) is 0 Å². The van der Waals surface area contributed by atoms with E-state index in [-0.39, 0.29) is 5.91 Å². The van der Waals surface area contributed by atoms with E-state index in [1.54, 1.807) is 7.11 Å². The van der Waals surface area contributed by atoms with E-state index in [1.807, 2.05) is 18.2 Å². The molecule has 2 unspecified atom stereocenters. The zero-order chi connectivity index (χ0) is 15.2.